The van der Waals surface area contributed by atoms with E-state index in [9.17, 15) is 22.6 Å². The highest BCUT2D eigenvalue weighted by molar-refractivity contribution is 7.94. The maximum Gasteiger partial charge on any atom is 0.357 e. The number of carbonyl (C=O) groups is 2. The van der Waals surface area contributed by atoms with Crippen LogP contribution in [0.2, 0.25) is 0 Å². The molecule has 0 bridgehead atoms. The van der Waals surface area contributed by atoms with Crippen molar-refractivity contribution in [1.29, 1.82) is 0 Å². The molecule has 1 unspecified atom stereocenters. The molecular weight excluding hydrogens is 703 g/mol. The van der Waals surface area contributed by atoms with Crippen LogP contribution in [0.15, 0.2) is 34.9 Å². The quantitative estimate of drug-likeness (QED) is 0.0173. The highest BCUT2D eigenvalue weighted by Crippen LogP contribution is 2.57. The Morgan fingerprint density at radius 3 is 1.67 bits per heavy atom. The van der Waals surface area contributed by atoms with E-state index in [1.165, 1.54) is 16.7 Å². The van der Waals surface area contributed by atoms with Crippen molar-refractivity contribution in [2.75, 3.05) is 13.6 Å². The molecule has 0 amide bonds. The molecule has 52 heavy (non-hydrogen) atoms. The third kappa shape index (κ3) is 23.1. The van der Waals surface area contributed by atoms with Gasteiger partial charge in [0.05, 0.1) is 6.10 Å². The molecule has 302 valence electrons. The van der Waals surface area contributed by atoms with Crippen LogP contribution in [0.5, 0.6) is 0 Å². The van der Waals surface area contributed by atoms with Gasteiger partial charge in [-0.05, 0) is 98.3 Å². The topological polar surface area (TPSA) is 131 Å². The molecule has 10 nitrogen and oxygen atoms in total. The van der Waals surface area contributed by atoms with Gasteiger partial charge in [-0.15, -0.1) is 0 Å². The monoisotopic (exact) mass is 774 g/mol. The van der Waals surface area contributed by atoms with Crippen molar-refractivity contribution >= 4 is 29.7 Å². The van der Waals surface area contributed by atoms with E-state index < -0.39 is 54.3 Å². The van der Waals surface area contributed by atoms with Crippen LogP contribution in [0.4, 0.5) is 0 Å². The maximum absolute atomic E-state index is 14.5. The SMILES string of the molecule is CCCCCCC(=O)OCOP(=O)(OCOC(=O)CCCCCC)C(CCC/C=C(\C)CC/C=C(\C)CCC=C(C)C)S(=O)(=O)OC1CCCCC1. The summed E-state index contributed by atoms with van der Waals surface area (Å²) in [6, 6.07) is 0. The van der Waals surface area contributed by atoms with Gasteiger partial charge in [0, 0.05) is 12.8 Å². The molecule has 0 radical (unpaired) electrons. The van der Waals surface area contributed by atoms with Crippen molar-refractivity contribution < 1.29 is 45.3 Å². The fraction of sp³-hybridized carbons (Fsp3) is 0.800. The predicted molar refractivity (Wildman–Crippen MR) is 209 cm³/mol. The lowest BCUT2D eigenvalue weighted by Crippen LogP contribution is -2.31. The van der Waals surface area contributed by atoms with E-state index in [4.69, 9.17) is 22.7 Å². The molecule has 0 aromatic heterocycles. The Morgan fingerprint density at radius 2 is 1.17 bits per heavy atom. The maximum atomic E-state index is 14.5. The minimum absolute atomic E-state index is 0.0879. The molecule has 1 atom stereocenters. The Bertz CT molecular complexity index is 1210. The van der Waals surface area contributed by atoms with E-state index in [1.807, 2.05) is 0 Å². The van der Waals surface area contributed by atoms with E-state index >= 15 is 0 Å². The largest absolute Gasteiger partial charge is 0.438 e. The zero-order valence-corrected chi connectivity index (χ0v) is 35.0. The summed E-state index contributed by atoms with van der Waals surface area (Å²) in [7, 11) is -9.10. The van der Waals surface area contributed by atoms with E-state index in [0.29, 0.717) is 38.5 Å². The zero-order chi connectivity index (χ0) is 38.7. The van der Waals surface area contributed by atoms with Crippen LogP contribution in [0.25, 0.3) is 0 Å². The van der Waals surface area contributed by atoms with E-state index in [1.54, 1.807) is 0 Å². The summed E-state index contributed by atoms with van der Waals surface area (Å²) in [5.41, 5.74) is 3.86. The number of carbonyl (C=O) groups excluding carboxylic acids is 2. The zero-order valence-electron chi connectivity index (χ0n) is 33.3. The second-order valence-corrected chi connectivity index (χ2v) is 18.7. The smallest absolute Gasteiger partial charge is 0.357 e. The molecule has 0 spiro atoms. The fourth-order valence-electron chi connectivity index (χ4n) is 5.93. The van der Waals surface area contributed by atoms with Crippen LogP contribution in [-0.4, -0.2) is 45.0 Å². The van der Waals surface area contributed by atoms with E-state index in [2.05, 4.69) is 59.8 Å². The van der Waals surface area contributed by atoms with Crippen molar-refractivity contribution in [1.82, 2.24) is 0 Å². The summed E-state index contributed by atoms with van der Waals surface area (Å²) in [6.45, 7) is 11.0. The van der Waals surface area contributed by atoms with Crippen molar-refractivity contribution in [3.8, 4) is 0 Å². The average molecular weight is 775 g/mol. The third-order valence-electron chi connectivity index (χ3n) is 9.15. The van der Waals surface area contributed by atoms with Gasteiger partial charge in [-0.2, -0.15) is 8.42 Å². The lowest BCUT2D eigenvalue weighted by molar-refractivity contribution is -0.152. The van der Waals surface area contributed by atoms with Crippen molar-refractivity contribution in [2.24, 2.45) is 0 Å². The number of rotatable bonds is 30. The average Bonchev–Trinajstić information content (AvgIpc) is 3.08. The lowest BCUT2D eigenvalue weighted by Gasteiger charge is -2.28. The fourth-order valence-corrected chi connectivity index (χ4v) is 10.2. The minimum atomic E-state index is -4.61. The third-order valence-corrected chi connectivity index (χ3v) is 14.0. The molecule has 1 aliphatic rings. The second-order valence-electron chi connectivity index (χ2n) is 14.4. The van der Waals surface area contributed by atoms with Crippen LogP contribution >= 0.6 is 7.60 Å². The van der Waals surface area contributed by atoms with Gasteiger partial charge < -0.3 is 9.47 Å². The Balaban J connectivity index is 3.09. The van der Waals surface area contributed by atoms with Crippen LogP contribution in [-0.2, 0) is 47.0 Å². The van der Waals surface area contributed by atoms with Gasteiger partial charge in [-0.1, -0.05) is 107 Å². The highest BCUT2D eigenvalue weighted by Gasteiger charge is 2.47. The molecule has 1 rings (SSSR count). The molecule has 0 N–H and O–H groups in total. The molecule has 1 fully saturated rings. The van der Waals surface area contributed by atoms with Crippen LogP contribution in [0.3, 0.4) is 0 Å². The first-order valence-electron chi connectivity index (χ1n) is 19.9. The first kappa shape index (κ1) is 48.2. The number of unbranched alkanes of at least 4 members (excludes halogenated alkanes) is 7. The van der Waals surface area contributed by atoms with Crippen molar-refractivity contribution in [3.05, 3.63) is 34.9 Å². The molecule has 0 aromatic rings. The summed E-state index contributed by atoms with van der Waals surface area (Å²) >= 11 is 0. The van der Waals surface area contributed by atoms with E-state index in [0.717, 1.165) is 83.5 Å². The first-order chi connectivity index (χ1) is 24.8. The van der Waals surface area contributed by atoms with Crippen molar-refractivity contribution in [2.45, 2.75) is 194 Å². The number of esters is 2. The molecule has 0 heterocycles. The second kappa shape index (κ2) is 28.6. The number of ether oxygens (including phenoxy) is 2. The molecule has 12 heteroatoms. The van der Waals surface area contributed by atoms with Crippen LogP contribution in [0.1, 0.15) is 183 Å². The number of hydrogen-bond donors (Lipinski definition) is 0. The summed E-state index contributed by atoms with van der Waals surface area (Å²) < 4.78 is 69.5. The van der Waals surface area contributed by atoms with Gasteiger partial charge >= 0.3 is 19.5 Å². The Kier molecular flexibility index (Phi) is 26.6. The molecular formula is C40H71O10PS. The Morgan fingerprint density at radius 1 is 0.673 bits per heavy atom. The van der Waals surface area contributed by atoms with Crippen LogP contribution in [0, 0.1) is 0 Å². The van der Waals surface area contributed by atoms with Gasteiger partial charge in [0.2, 0.25) is 13.6 Å². The van der Waals surface area contributed by atoms with E-state index in [-0.39, 0.29) is 19.3 Å². The minimum Gasteiger partial charge on any atom is -0.438 e. The number of hydrogen-bond acceptors (Lipinski definition) is 10. The van der Waals surface area contributed by atoms with Gasteiger partial charge in [-0.25, -0.2) is 0 Å². The Labute approximate surface area is 316 Å². The predicted octanol–water partition coefficient (Wildman–Crippen LogP) is 11.7. The summed E-state index contributed by atoms with van der Waals surface area (Å²) in [6.07, 6.45) is 21.9. The molecule has 1 aliphatic carbocycles. The van der Waals surface area contributed by atoms with Gasteiger partial charge in [0.1, 0.15) is 0 Å². The molecule has 1 saturated carbocycles. The molecule has 0 aromatic carbocycles. The first-order valence-corrected chi connectivity index (χ1v) is 23.0. The Hall–Kier alpha value is -1.78. The van der Waals surface area contributed by atoms with Crippen molar-refractivity contribution in [3.63, 3.8) is 0 Å². The molecule has 0 aliphatic heterocycles. The lowest BCUT2D eigenvalue weighted by atomic mass is 9.98. The summed E-state index contributed by atoms with van der Waals surface area (Å²) in [5.74, 6) is -1.09. The standard InChI is InChI=1S/C40H71O10PS/c1-7-9-11-16-29-38(41)46-32-48-51(43,49-33-47-39(42)30-17-12-10-8-2)40(52(44,45)50-37-27-14-13-15-28-37)31-19-18-23-35(5)25-21-26-36(6)24-20-22-34(3)4/h22-23,26,37,40H,7-21,24-25,27-33H2,1-6H3/b35-23+,36-26+. The number of allylic oxidation sites excluding steroid dienone is 6. The normalized spacial score (nSPS) is 15.3. The van der Waals surface area contributed by atoms with Crippen LogP contribution < -0.4 is 0 Å². The molecule has 0 saturated heterocycles. The van der Waals surface area contributed by atoms with Gasteiger partial charge in [-0.3, -0.25) is 27.4 Å². The van der Waals surface area contributed by atoms with Gasteiger partial charge in [0.15, 0.2) is 4.99 Å². The summed E-state index contributed by atoms with van der Waals surface area (Å²) in [5, 5.41) is 0. The summed E-state index contributed by atoms with van der Waals surface area (Å²) in [4.78, 5) is 23.0. The van der Waals surface area contributed by atoms with Gasteiger partial charge in [0.25, 0.3) is 10.1 Å². The highest BCUT2D eigenvalue weighted by atomic mass is 32.2.